The maximum Gasteiger partial charge on any atom is 0.197 e. The molecule has 0 unspecified atom stereocenters. The predicted octanol–water partition coefficient (Wildman–Crippen LogP) is 15.9. The molecular weight excluding hydrogens is 765 g/mol. The Morgan fingerprint density at radius 2 is 0.921 bits per heavy atom. The number of hydrogen-bond acceptors (Lipinski definition) is 1. The molecule has 4 nitrogen and oxygen atoms in total. The van der Waals surface area contributed by atoms with E-state index in [-0.39, 0.29) is 0 Å². The first-order valence-corrected chi connectivity index (χ1v) is 21.3. The van der Waals surface area contributed by atoms with Gasteiger partial charge in [0.2, 0.25) is 0 Å². The Labute approximate surface area is 366 Å². The average molecular weight is 805 g/mol. The van der Waals surface area contributed by atoms with E-state index >= 15 is 0 Å². The molecule has 63 heavy (non-hydrogen) atoms. The van der Waals surface area contributed by atoms with E-state index in [0.29, 0.717) is 11.3 Å². The van der Waals surface area contributed by atoms with Crippen molar-refractivity contribution in [2.24, 2.45) is 0 Å². The molecule has 0 atom stereocenters. The van der Waals surface area contributed by atoms with E-state index in [1.54, 1.807) is 0 Å². The van der Waals surface area contributed by atoms with Crippen LogP contribution in [0.25, 0.3) is 104 Å². The number of nitrogens with zero attached hydrogens (tertiary/aromatic N) is 4. The van der Waals surface area contributed by atoms with Crippen LogP contribution in [0.4, 0.5) is 5.69 Å². The molecule has 4 heteroatoms. The molecule has 296 valence electrons. The van der Waals surface area contributed by atoms with Crippen molar-refractivity contribution in [1.29, 1.82) is 5.26 Å². The predicted molar refractivity (Wildman–Crippen MR) is 262 cm³/mol. The summed E-state index contributed by atoms with van der Waals surface area (Å²) in [7, 11) is 0. The summed E-state index contributed by atoms with van der Waals surface area (Å²) in [6.45, 7) is 15.1. The van der Waals surface area contributed by atoms with E-state index in [0.717, 1.165) is 93.9 Å². The van der Waals surface area contributed by atoms with Gasteiger partial charge in [0.15, 0.2) is 5.69 Å². The van der Waals surface area contributed by atoms with Gasteiger partial charge in [-0.1, -0.05) is 139 Å². The zero-order valence-electron chi connectivity index (χ0n) is 35.2. The largest absolute Gasteiger partial charge is 0.310 e. The van der Waals surface area contributed by atoms with Gasteiger partial charge in [-0.3, -0.25) is 0 Å². The van der Waals surface area contributed by atoms with Crippen molar-refractivity contribution in [2.45, 2.75) is 20.8 Å². The molecule has 0 saturated heterocycles. The first-order valence-electron chi connectivity index (χ1n) is 21.3. The van der Waals surface area contributed by atoms with E-state index in [1.807, 2.05) is 24.3 Å². The minimum Gasteiger partial charge on any atom is -0.310 e. The van der Waals surface area contributed by atoms with Crippen molar-refractivity contribution >= 4 is 49.3 Å². The Bertz CT molecular complexity index is 3720. The summed E-state index contributed by atoms with van der Waals surface area (Å²) in [5.74, 6) is 0. The highest BCUT2D eigenvalue weighted by Gasteiger charge is 2.26. The quantitative estimate of drug-likeness (QED) is 0.154. The topological polar surface area (TPSA) is 38.0 Å². The molecule has 0 aliphatic rings. The molecule has 0 saturated carbocycles. The maximum absolute atomic E-state index is 9.92. The first-order chi connectivity index (χ1) is 30.9. The van der Waals surface area contributed by atoms with Crippen LogP contribution in [0, 0.1) is 38.7 Å². The van der Waals surface area contributed by atoms with Crippen LogP contribution >= 0.6 is 0 Å². The van der Waals surface area contributed by atoms with Gasteiger partial charge in [-0.25, -0.2) is 4.85 Å². The van der Waals surface area contributed by atoms with Gasteiger partial charge < -0.3 is 9.13 Å². The van der Waals surface area contributed by atoms with Gasteiger partial charge in [0.1, 0.15) is 0 Å². The highest BCUT2D eigenvalue weighted by molar-refractivity contribution is 6.14. The minimum atomic E-state index is 0.553. The van der Waals surface area contributed by atoms with Gasteiger partial charge in [0.05, 0.1) is 46.0 Å². The van der Waals surface area contributed by atoms with E-state index in [9.17, 15) is 5.26 Å². The molecule has 0 N–H and O–H groups in total. The normalized spacial score (nSPS) is 11.4. The number of hydrogen-bond donors (Lipinski definition) is 0. The summed E-state index contributed by atoms with van der Waals surface area (Å²) in [6.07, 6.45) is 0. The smallest absolute Gasteiger partial charge is 0.197 e. The van der Waals surface area contributed by atoms with E-state index in [4.69, 9.17) is 6.57 Å². The number of fused-ring (bicyclic) bond motifs is 6. The zero-order valence-corrected chi connectivity index (χ0v) is 35.2. The second kappa shape index (κ2) is 14.9. The molecule has 0 spiro atoms. The van der Waals surface area contributed by atoms with Crippen LogP contribution in [0.1, 0.15) is 22.3 Å². The SMILES string of the molecule is [C-]#[N+]c1cccc(-n2c3ccccc3c3cc(-c4ccc(C)cc4)ccc32)c1-c1c(-c2ccc(C#N)cc2C)cccc1-n1c2ccccc2c2cc(-c3ccc(C)cc3)ccc21. The van der Waals surface area contributed by atoms with Crippen LogP contribution in [0.15, 0.2) is 188 Å². The Balaban J connectivity index is 1.25. The van der Waals surface area contributed by atoms with Gasteiger partial charge in [0, 0.05) is 38.4 Å². The number of para-hydroxylation sites is 2. The van der Waals surface area contributed by atoms with Crippen molar-refractivity contribution in [2.75, 3.05) is 0 Å². The van der Waals surface area contributed by atoms with E-state index < -0.39 is 0 Å². The Kier molecular flexibility index (Phi) is 8.90. The number of aryl methyl sites for hydroxylation is 3. The molecule has 2 aromatic heterocycles. The third-order valence-electron chi connectivity index (χ3n) is 12.7. The molecule has 0 amide bonds. The Morgan fingerprint density at radius 1 is 0.429 bits per heavy atom. The monoisotopic (exact) mass is 804 g/mol. The zero-order chi connectivity index (χ0) is 42.8. The van der Waals surface area contributed by atoms with Gasteiger partial charge in [-0.05, 0) is 120 Å². The lowest BCUT2D eigenvalue weighted by Gasteiger charge is -2.23. The van der Waals surface area contributed by atoms with Crippen LogP contribution in [0.2, 0.25) is 0 Å². The summed E-state index contributed by atoms with van der Waals surface area (Å²) < 4.78 is 4.73. The lowest BCUT2D eigenvalue weighted by molar-refractivity contribution is 1.16. The van der Waals surface area contributed by atoms with Crippen molar-refractivity contribution in [3.63, 3.8) is 0 Å². The molecule has 0 aliphatic heterocycles. The number of rotatable bonds is 6. The van der Waals surface area contributed by atoms with Crippen LogP contribution in [0.3, 0.4) is 0 Å². The van der Waals surface area contributed by atoms with E-state index in [2.05, 4.69) is 205 Å². The standard InChI is InChI=1S/C59H40N4/c1-37-19-24-41(25-20-37)43-28-31-54-49(34-43)46-11-5-7-15-52(46)62(54)56-17-9-13-48(45-30-23-40(36-60)33-39(45)3)58(56)59-51(61-4)14-10-18-57(59)63-53-16-8-6-12-47(53)50-35-44(29-32-55(50)63)42-26-21-38(2)22-27-42/h5-35H,1-3H3. The number of nitriles is 1. The van der Waals surface area contributed by atoms with Gasteiger partial charge in [0.25, 0.3) is 0 Å². The van der Waals surface area contributed by atoms with Crippen molar-refractivity contribution in [3.05, 3.63) is 222 Å². The molecule has 0 radical (unpaired) electrons. The summed E-state index contributed by atoms with van der Waals surface area (Å²) in [5.41, 5.74) is 19.2. The molecule has 0 aliphatic carbocycles. The maximum atomic E-state index is 9.92. The van der Waals surface area contributed by atoms with Gasteiger partial charge >= 0.3 is 0 Å². The summed E-state index contributed by atoms with van der Waals surface area (Å²) >= 11 is 0. The van der Waals surface area contributed by atoms with Crippen LogP contribution < -0.4 is 0 Å². The lowest BCUT2D eigenvalue weighted by atomic mass is 9.88. The molecule has 0 bridgehead atoms. The highest BCUT2D eigenvalue weighted by atomic mass is 15.0. The fraction of sp³-hybridized carbons (Fsp3) is 0.0508. The first kappa shape index (κ1) is 37.6. The van der Waals surface area contributed by atoms with E-state index in [1.165, 1.54) is 22.3 Å². The van der Waals surface area contributed by atoms with Crippen molar-refractivity contribution in [1.82, 2.24) is 9.13 Å². The molecule has 2 heterocycles. The van der Waals surface area contributed by atoms with Crippen molar-refractivity contribution in [3.8, 4) is 62.0 Å². The average Bonchev–Trinajstić information content (AvgIpc) is 3.83. The fourth-order valence-electron chi connectivity index (χ4n) is 9.63. The number of aromatic nitrogens is 2. The summed E-state index contributed by atoms with van der Waals surface area (Å²) in [4.78, 5) is 4.31. The van der Waals surface area contributed by atoms with Crippen molar-refractivity contribution < 1.29 is 0 Å². The molecule has 11 aromatic rings. The molecular formula is C59H40N4. The number of benzene rings is 9. The Morgan fingerprint density at radius 3 is 1.44 bits per heavy atom. The lowest BCUT2D eigenvalue weighted by Crippen LogP contribution is -2.04. The second-order valence-electron chi connectivity index (χ2n) is 16.5. The minimum absolute atomic E-state index is 0.553. The molecule has 9 aromatic carbocycles. The summed E-state index contributed by atoms with van der Waals surface area (Å²) in [5, 5.41) is 14.5. The molecule has 11 rings (SSSR count). The van der Waals surface area contributed by atoms with Gasteiger partial charge in [-0.15, -0.1) is 0 Å². The van der Waals surface area contributed by atoms with Crippen LogP contribution in [-0.4, -0.2) is 9.13 Å². The fourth-order valence-corrected chi connectivity index (χ4v) is 9.63. The van der Waals surface area contributed by atoms with Crippen LogP contribution in [-0.2, 0) is 0 Å². The summed E-state index contributed by atoms with van der Waals surface area (Å²) in [6, 6.07) is 69.0. The van der Waals surface area contributed by atoms with Crippen LogP contribution in [0.5, 0.6) is 0 Å². The van der Waals surface area contributed by atoms with Gasteiger partial charge in [-0.2, -0.15) is 5.26 Å². The third-order valence-corrected chi connectivity index (χ3v) is 12.7. The highest BCUT2D eigenvalue weighted by Crippen LogP contribution is 2.49. The third kappa shape index (κ3) is 6.12. The molecule has 0 fully saturated rings. The second-order valence-corrected chi connectivity index (χ2v) is 16.5. The Hall–Kier alpha value is -8.44.